The number of hydrogen-bond donors (Lipinski definition) is 2. The van der Waals surface area contributed by atoms with Crippen molar-refractivity contribution in [3.05, 3.63) is 35.5 Å². The molecule has 9 nitrogen and oxygen atoms in total. The Morgan fingerprint density at radius 3 is 2.64 bits per heavy atom. The fraction of sp³-hybridized carbons (Fsp3) is 0.278. The number of nitrogen functional groups attached to an aromatic ring is 1. The molecule has 0 fully saturated rings. The molecule has 10 heteroatoms. The van der Waals surface area contributed by atoms with Crippen molar-refractivity contribution in [3.63, 3.8) is 0 Å². The zero-order valence-corrected chi connectivity index (χ0v) is 16.5. The van der Waals surface area contributed by atoms with E-state index in [1.807, 2.05) is 0 Å². The van der Waals surface area contributed by atoms with Gasteiger partial charge in [-0.2, -0.15) is 0 Å². The fourth-order valence-corrected chi connectivity index (χ4v) is 2.90. The van der Waals surface area contributed by atoms with E-state index in [2.05, 4.69) is 15.3 Å². The summed E-state index contributed by atoms with van der Waals surface area (Å²) < 4.78 is 10.1. The lowest BCUT2D eigenvalue weighted by atomic mass is 10.1. The van der Waals surface area contributed by atoms with Gasteiger partial charge in [0.05, 0.1) is 25.2 Å². The Balaban J connectivity index is 2.06. The quantitative estimate of drug-likeness (QED) is 0.294. The van der Waals surface area contributed by atoms with Crippen LogP contribution in [0.3, 0.4) is 0 Å². The molecule has 3 N–H and O–H groups in total. The van der Waals surface area contributed by atoms with Crippen molar-refractivity contribution in [1.82, 2.24) is 9.97 Å². The Morgan fingerprint density at radius 1 is 1.29 bits per heavy atom. The van der Waals surface area contributed by atoms with Crippen molar-refractivity contribution in [1.29, 1.82) is 0 Å². The van der Waals surface area contributed by atoms with Crippen molar-refractivity contribution < 1.29 is 23.9 Å². The lowest BCUT2D eigenvalue weighted by Crippen LogP contribution is -2.11. The number of amides is 1. The zero-order chi connectivity index (χ0) is 20.7. The second-order valence-electron chi connectivity index (χ2n) is 5.48. The van der Waals surface area contributed by atoms with Crippen LogP contribution in [0, 0.1) is 0 Å². The molecular weight excluding hydrogens is 384 g/mol. The van der Waals surface area contributed by atoms with Crippen LogP contribution >= 0.6 is 11.8 Å². The first-order chi connectivity index (χ1) is 13.3. The molecule has 148 valence electrons. The van der Waals surface area contributed by atoms with Crippen LogP contribution in [0.4, 0.5) is 11.5 Å². The highest BCUT2D eigenvalue weighted by atomic mass is 32.2. The minimum atomic E-state index is -0.598. The van der Waals surface area contributed by atoms with E-state index < -0.39 is 5.97 Å². The van der Waals surface area contributed by atoms with Gasteiger partial charge < -0.3 is 20.5 Å². The number of nitrogens with zero attached hydrogens (tertiary/aromatic N) is 2. The summed E-state index contributed by atoms with van der Waals surface area (Å²) in [6.45, 7) is 3.28. The third-order valence-corrected chi connectivity index (χ3v) is 4.32. The number of rotatable bonds is 8. The van der Waals surface area contributed by atoms with Gasteiger partial charge in [0.1, 0.15) is 17.1 Å². The van der Waals surface area contributed by atoms with Gasteiger partial charge in [0.2, 0.25) is 5.91 Å². The van der Waals surface area contributed by atoms with Crippen molar-refractivity contribution in [2.75, 3.05) is 30.5 Å². The van der Waals surface area contributed by atoms with Gasteiger partial charge in [-0.05, 0) is 25.1 Å². The number of nitrogens with one attached hydrogen (secondary N) is 1. The van der Waals surface area contributed by atoms with Crippen LogP contribution in [0.25, 0.3) is 0 Å². The number of ketones is 1. The van der Waals surface area contributed by atoms with Crippen LogP contribution in [0.15, 0.2) is 29.6 Å². The molecule has 1 aromatic carbocycles. The number of aromatic nitrogens is 2. The molecule has 0 atom stereocenters. The Bertz CT molecular complexity index is 904. The second-order valence-corrected chi connectivity index (χ2v) is 6.42. The number of methoxy groups -OCH3 is 1. The van der Waals surface area contributed by atoms with E-state index in [4.69, 9.17) is 15.2 Å². The third-order valence-electron chi connectivity index (χ3n) is 3.46. The number of thioether (sulfide) groups is 1. The first-order valence-corrected chi connectivity index (χ1v) is 9.25. The number of Topliss-reactive ketones (excluding diaryl/α,β-unsaturated/α-hetero) is 1. The topological polar surface area (TPSA) is 134 Å². The molecule has 0 unspecified atom stereocenters. The van der Waals surface area contributed by atoms with Gasteiger partial charge in [-0.15, -0.1) is 0 Å². The first-order valence-electron chi connectivity index (χ1n) is 8.27. The third kappa shape index (κ3) is 5.43. The van der Waals surface area contributed by atoms with Crippen LogP contribution in [-0.4, -0.2) is 47.1 Å². The van der Waals surface area contributed by atoms with Crippen LogP contribution in [0.5, 0.6) is 5.75 Å². The van der Waals surface area contributed by atoms with E-state index in [-0.39, 0.29) is 40.6 Å². The molecule has 1 heterocycles. The van der Waals surface area contributed by atoms with E-state index in [0.717, 1.165) is 11.8 Å². The molecule has 0 saturated heterocycles. The summed E-state index contributed by atoms with van der Waals surface area (Å²) in [4.78, 5) is 43.4. The second kappa shape index (κ2) is 9.70. The SMILES string of the molecule is CCOC(=O)c1cnc(SCC(=O)c2ccc(NC(C)=O)c(OC)c2)nc1N. The number of carbonyl (C=O) groups is 3. The van der Waals surface area contributed by atoms with Gasteiger partial charge in [0.15, 0.2) is 10.9 Å². The van der Waals surface area contributed by atoms with Gasteiger partial charge in [0, 0.05) is 18.7 Å². The maximum atomic E-state index is 12.4. The van der Waals surface area contributed by atoms with E-state index in [1.54, 1.807) is 25.1 Å². The number of carbonyl (C=O) groups excluding carboxylic acids is 3. The molecule has 2 rings (SSSR count). The number of nitrogens with two attached hydrogens (primary N) is 1. The summed E-state index contributed by atoms with van der Waals surface area (Å²) >= 11 is 1.09. The average molecular weight is 404 g/mol. The van der Waals surface area contributed by atoms with Crippen LogP contribution < -0.4 is 15.8 Å². The molecular formula is C18H20N4O5S. The Labute approximate surface area is 166 Å². The standard InChI is InChI=1S/C18H20N4O5S/c1-4-27-17(25)12-8-20-18(22-16(12)19)28-9-14(24)11-5-6-13(21-10(2)23)15(7-11)26-3/h5-8H,4,9H2,1-3H3,(H,21,23)(H2,19,20,22). The average Bonchev–Trinajstić information content (AvgIpc) is 2.66. The first kappa shape index (κ1) is 21.2. The molecule has 0 radical (unpaired) electrons. The van der Waals surface area contributed by atoms with E-state index >= 15 is 0 Å². The maximum Gasteiger partial charge on any atom is 0.343 e. The summed E-state index contributed by atoms with van der Waals surface area (Å²) in [5, 5.41) is 2.89. The Kier molecular flexibility index (Phi) is 7.33. The monoisotopic (exact) mass is 404 g/mol. The minimum absolute atomic E-state index is 0.00951. The van der Waals surface area contributed by atoms with Gasteiger partial charge in [0.25, 0.3) is 0 Å². The van der Waals surface area contributed by atoms with Crippen LogP contribution in [-0.2, 0) is 9.53 Å². The number of benzene rings is 1. The summed E-state index contributed by atoms with van der Waals surface area (Å²) in [5.41, 5.74) is 6.73. The molecule has 28 heavy (non-hydrogen) atoms. The fourth-order valence-electron chi connectivity index (χ4n) is 2.18. The molecule has 1 amide bonds. The molecule has 0 bridgehead atoms. The van der Waals surface area contributed by atoms with Crippen molar-refractivity contribution >= 4 is 40.9 Å². The highest BCUT2D eigenvalue weighted by Crippen LogP contribution is 2.27. The molecule has 0 aliphatic carbocycles. The molecule has 2 aromatic rings. The predicted molar refractivity (Wildman–Crippen MR) is 105 cm³/mol. The summed E-state index contributed by atoms with van der Waals surface area (Å²) in [5.74, 6) is -0.599. The lowest BCUT2D eigenvalue weighted by molar-refractivity contribution is -0.114. The van der Waals surface area contributed by atoms with Gasteiger partial charge >= 0.3 is 5.97 Å². The number of esters is 1. The van der Waals surface area contributed by atoms with Crippen molar-refractivity contribution in [2.24, 2.45) is 0 Å². The minimum Gasteiger partial charge on any atom is -0.495 e. The van der Waals surface area contributed by atoms with E-state index in [9.17, 15) is 14.4 Å². The summed E-state index contributed by atoms with van der Waals surface area (Å²) in [7, 11) is 1.45. The molecule has 0 saturated carbocycles. The Hall–Kier alpha value is -3.14. The molecule has 0 aliphatic rings. The summed E-state index contributed by atoms with van der Waals surface area (Å²) in [6, 6.07) is 4.74. The highest BCUT2D eigenvalue weighted by Gasteiger charge is 2.16. The molecule has 0 aliphatic heterocycles. The van der Waals surface area contributed by atoms with E-state index in [0.29, 0.717) is 17.0 Å². The smallest absolute Gasteiger partial charge is 0.343 e. The predicted octanol–water partition coefficient (Wildman–Crippen LogP) is 2.18. The van der Waals surface area contributed by atoms with Gasteiger partial charge in [-0.25, -0.2) is 14.8 Å². The Morgan fingerprint density at radius 2 is 2.04 bits per heavy atom. The van der Waals surface area contributed by atoms with Crippen LogP contribution in [0.1, 0.15) is 34.6 Å². The van der Waals surface area contributed by atoms with E-state index in [1.165, 1.54) is 20.2 Å². The number of anilines is 2. The normalized spacial score (nSPS) is 10.2. The summed E-state index contributed by atoms with van der Waals surface area (Å²) in [6.07, 6.45) is 1.28. The number of ether oxygens (including phenoxy) is 2. The number of hydrogen-bond acceptors (Lipinski definition) is 9. The van der Waals surface area contributed by atoms with Crippen molar-refractivity contribution in [2.45, 2.75) is 19.0 Å². The molecule has 1 aromatic heterocycles. The van der Waals surface area contributed by atoms with Gasteiger partial charge in [-0.1, -0.05) is 11.8 Å². The molecule has 0 spiro atoms. The van der Waals surface area contributed by atoms with Gasteiger partial charge in [-0.3, -0.25) is 9.59 Å². The van der Waals surface area contributed by atoms with Crippen molar-refractivity contribution in [3.8, 4) is 5.75 Å². The largest absolute Gasteiger partial charge is 0.495 e. The van der Waals surface area contributed by atoms with Crippen LogP contribution in [0.2, 0.25) is 0 Å². The zero-order valence-electron chi connectivity index (χ0n) is 15.6. The highest BCUT2D eigenvalue weighted by molar-refractivity contribution is 7.99. The maximum absolute atomic E-state index is 12.4. The lowest BCUT2D eigenvalue weighted by Gasteiger charge is -2.10.